The van der Waals surface area contributed by atoms with Crippen molar-refractivity contribution < 1.29 is 28.9 Å². The van der Waals surface area contributed by atoms with Crippen LogP contribution in [0.3, 0.4) is 0 Å². The van der Waals surface area contributed by atoms with Crippen molar-refractivity contribution in [3.63, 3.8) is 0 Å². The van der Waals surface area contributed by atoms with Crippen LogP contribution >= 0.6 is 0 Å². The lowest BCUT2D eigenvalue weighted by Gasteiger charge is -2.44. The minimum Gasteiger partial charge on any atom is -0.497 e. The van der Waals surface area contributed by atoms with Crippen LogP contribution in [0, 0.1) is 11.7 Å². The molecule has 0 aromatic heterocycles. The predicted molar refractivity (Wildman–Crippen MR) is 155 cm³/mol. The van der Waals surface area contributed by atoms with Crippen molar-refractivity contribution >= 4 is 12.0 Å². The van der Waals surface area contributed by atoms with E-state index in [9.17, 15) is 19.8 Å². The molecule has 0 saturated carbocycles. The number of nitrogens with two attached hydrogens (primary N) is 1. The molecule has 41 heavy (non-hydrogen) atoms. The van der Waals surface area contributed by atoms with Crippen molar-refractivity contribution in [2.75, 3.05) is 20.2 Å². The van der Waals surface area contributed by atoms with Crippen LogP contribution in [-0.4, -0.2) is 53.4 Å². The van der Waals surface area contributed by atoms with E-state index in [1.54, 1.807) is 60.4 Å². The molecule has 0 aliphatic carbocycles. The third-order valence-electron chi connectivity index (χ3n) is 7.99. The number of benzene rings is 3. The minimum absolute atomic E-state index is 0.145. The van der Waals surface area contributed by atoms with E-state index in [0.717, 1.165) is 5.56 Å². The molecule has 1 aliphatic heterocycles. The standard InChI is InChI=1S/C32H38FN3O5/c1-21(35-31(38)39)15-16-32(40,27-9-4-10-28(33)29(27)24-6-3-8-26(18-24)41-2)25-7-5-17-36(20-25)30(37)23-13-11-22(19-34)12-14-23/h3-4,6,8-14,18,21,25,35,40H,5,7,15-17,19-20,34H2,1-2H3,(H,38,39). The smallest absolute Gasteiger partial charge is 0.404 e. The Hall–Kier alpha value is -3.95. The fourth-order valence-electron chi connectivity index (χ4n) is 5.75. The number of amides is 2. The summed E-state index contributed by atoms with van der Waals surface area (Å²) in [7, 11) is 1.53. The van der Waals surface area contributed by atoms with Crippen LogP contribution in [0.25, 0.3) is 11.1 Å². The molecule has 1 heterocycles. The highest BCUT2D eigenvalue weighted by atomic mass is 19.1. The zero-order valence-corrected chi connectivity index (χ0v) is 23.5. The molecule has 3 aromatic rings. The number of halogens is 1. The van der Waals surface area contributed by atoms with Gasteiger partial charge >= 0.3 is 6.09 Å². The van der Waals surface area contributed by atoms with Crippen LogP contribution in [0.5, 0.6) is 5.75 Å². The molecule has 2 amide bonds. The summed E-state index contributed by atoms with van der Waals surface area (Å²) in [6.07, 6.45) is 0.585. The summed E-state index contributed by atoms with van der Waals surface area (Å²) in [6, 6.07) is 18.4. The second-order valence-electron chi connectivity index (χ2n) is 10.7. The van der Waals surface area contributed by atoms with Crippen LogP contribution in [-0.2, 0) is 12.1 Å². The lowest BCUT2D eigenvalue weighted by Crippen LogP contribution is -2.49. The second-order valence-corrected chi connectivity index (χ2v) is 10.7. The van der Waals surface area contributed by atoms with Gasteiger partial charge in [0.25, 0.3) is 5.91 Å². The summed E-state index contributed by atoms with van der Waals surface area (Å²) in [5, 5.41) is 24.2. The van der Waals surface area contributed by atoms with E-state index in [-0.39, 0.29) is 24.4 Å². The number of likely N-dealkylation sites (tertiary alicyclic amines) is 1. The number of carbonyl (C=O) groups excluding carboxylic acids is 1. The molecule has 1 fully saturated rings. The number of hydrogen-bond donors (Lipinski definition) is 4. The SMILES string of the molecule is COc1cccc(-c2c(F)cccc2C(O)(CCC(C)NC(=O)O)C2CCCN(C(=O)c3ccc(CN)cc3)C2)c1. The zero-order valence-electron chi connectivity index (χ0n) is 23.5. The van der Waals surface area contributed by atoms with Crippen LogP contribution in [0.2, 0.25) is 0 Å². The molecule has 0 spiro atoms. The van der Waals surface area contributed by atoms with Gasteiger partial charge < -0.3 is 30.9 Å². The van der Waals surface area contributed by atoms with Crippen molar-refractivity contribution in [1.82, 2.24) is 10.2 Å². The molecular formula is C32H38FN3O5. The number of carbonyl (C=O) groups is 2. The molecule has 3 atom stereocenters. The highest BCUT2D eigenvalue weighted by Gasteiger charge is 2.43. The third kappa shape index (κ3) is 6.86. The maximum Gasteiger partial charge on any atom is 0.404 e. The fraction of sp³-hybridized carbons (Fsp3) is 0.375. The predicted octanol–water partition coefficient (Wildman–Crippen LogP) is 5.14. The summed E-state index contributed by atoms with van der Waals surface area (Å²) in [5.41, 5.74) is 6.82. The van der Waals surface area contributed by atoms with Gasteiger partial charge in [0.15, 0.2) is 0 Å². The Labute approximate surface area is 239 Å². The molecule has 9 heteroatoms. The van der Waals surface area contributed by atoms with Crippen LogP contribution in [0.15, 0.2) is 66.7 Å². The average Bonchev–Trinajstić information content (AvgIpc) is 2.99. The van der Waals surface area contributed by atoms with Crippen LogP contribution in [0.1, 0.15) is 54.1 Å². The Kier molecular flexibility index (Phi) is 9.62. The van der Waals surface area contributed by atoms with Crippen molar-refractivity contribution in [1.29, 1.82) is 0 Å². The van der Waals surface area contributed by atoms with Crippen LogP contribution in [0.4, 0.5) is 9.18 Å². The quantitative estimate of drug-likeness (QED) is 0.271. The van der Waals surface area contributed by atoms with E-state index < -0.39 is 29.5 Å². The van der Waals surface area contributed by atoms with Crippen molar-refractivity contribution in [3.8, 4) is 16.9 Å². The lowest BCUT2D eigenvalue weighted by molar-refractivity contribution is -0.0578. The number of nitrogens with one attached hydrogen (secondary N) is 1. The Balaban J connectivity index is 1.73. The van der Waals surface area contributed by atoms with Gasteiger partial charge in [-0.15, -0.1) is 0 Å². The molecule has 4 rings (SSSR count). The Morgan fingerprint density at radius 1 is 1.17 bits per heavy atom. The van der Waals surface area contributed by atoms with Gasteiger partial charge in [0.05, 0.1) is 12.7 Å². The molecule has 1 aliphatic rings. The first-order valence-corrected chi connectivity index (χ1v) is 13.9. The van der Waals surface area contributed by atoms with Crippen LogP contribution < -0.4 is 15.8 Å². The molecular weight excluding hydrogens is 525 g/mol. The maximum absolute atomic E-state index is 15.6. The van der Waals surface area contributed by atoms with Gasteiger partial charge in [0.2, 0.25) is 0 Å². The maximum atomic E-state index is 15.6. The third-order valence-corrected chi connectivity index (χ3v) is 7.99. The van der Waals surface area contributed by atoms with E-state index in [0.29, 0.717) is 54.8 Å². The topological polar surface area (TPSA) is 125 Å². The van der Waals surface area contributed by atoms with E-state index >= 15 is 4.39 Å². The molecule has 0 radical (unpaired) electrons. The average molecular weight is 564 g/mol. The summed E-state index contributed by atoms with van der Waals surface area (Å²) in [4.78, 5) is 26.5. The fourth-order valence-corrected chi connectivity index (χ4v) is 5.75. The van der Waals surface area contributed by atoms with Crippen molar-refractivity contribution in [2.24, 2.45) is 11.7 Å². The van der Waals surface area contributed by atoms with Crippen molar-refractivity contribution in [3.05, 3.63) is 89.2 Å². The minimum atomic E-state index is -1.56. The highest BCUT2D eigenvalue weighted by molar-refractivity contribution is 5.94. The first kappa shape index (κ1) is 30.0. The lowest BCUT2D eigenvalue weighted by atomic mass is 9.71. The van der Waals surface area contributed by atoms with Gasteiger partial charge in [-0.05, 0) is 79.6 Å². The van der Waals surface area contributed by atoms with Gasteiger partial charge in [0, 0.05) is 42.7 Å². The molecule has 218 valence electrons. The van der Waals surface area contributed by atoms with E-state index in [4.69, 9.17) is 10.5 Å². The Morgan fingerprint density at radius 3 is 2.59 bits per heavy atom. The Bertz CT molecular complexity index is 1370. The van der Waals surface area contributed by atoms with Gasteiger partial charge in [-0.25, -0.2) is 9.18 Å². The molecule has 5 N–H and O–H groups in total. The number of ether oxygens (including phenoxy) is 1. The van der Waals surface area contributed by atoms with E-state index in [1.165, 1.54) is 13.2 Å². The number of methoxy groups -OCH3 is 1. The van der Waals surface area contributed by atoms with Gasteiger partial charge in [-0.2, -0.15) is 0 Å². The summed E-state index contributed by atoms with van der Waals surface area (Å²) in [5.74, 6) is -0.510. The number of rotatable bonds is 10. The highest BCUT2D eigenvalue weighted by Crippen LogP contribution is 2.45. The molecule has 3 unspecified atom stereocenters. The number of carboxylic acid groups (broad SMARTS) is 1. The molecule has 1 saturated heterocycles. The normalized spacial score (nSPS) is 17.4. The monoisotopic (exact) mass is 563 g/mol. The second kappa shape index (κ2) is 13.1. The molecule has 3 aromatic carbocycles. The number of aliphatic hydroxyl groups is 1. The van der Waals surface area contributed by atoms with Gasteiger partial charge in [-0.1, -0.05) is 36.4 Å². The summed E-state index contributed by atoms with van der Waals surface area (Å²) in [6.45, 7) is 2.91. The Morgan fingerprint density at radius 2 is 1.90 bits per heavy atom. The molecule has 0 bridgehead atoms. The number of piperidine rings is 1. The summed E-state index contributed by atoms with van der Waals surface area (Å²) < 4.78 is 21.0. The largest absolute Gasteiger partial charge is 0.497 e. The van der Waals surface area contributed by atoms with Crippen molar-refractivity contribution in [2.45, 2.75) is 50.8 Å². The first-order valence-electron chi connectivity index (χ1n) is 13.9. The van der Waals surface area contributed by atoms with E-state index in [2.05, 4.69) is 5.32 Å². The summed E-state index contributed by atoms with van der Waals surface area (Å²) >= 11 is 0. The van der Waals surface area contributed by atoms with E-state index in [1.807, 2.05) is 12.1 Å². The number of nitrogens with zero attached hydrogens (tertiary/aromatic N) is 1. The number of hydrogen-bond acceptors (Lipinski definition) is 5. The molecule has 8 nitrogen and oxygen atoms in total. The first-order chi connectivity index (χ1) is 19.7. The zero-order chi connectivity index (χ0) is 29.6. The van der Waals surface area contributed by atoms with Gasteiger partial charge in [-0.3, -0.25) is 4.79 Å². The van der Waals surface area contributed by atoms with Gasteiger partial charge in [0.1, 0.15) is 11.6 Å².